The second-order valence-corrected chi connectivity index (χ2v) is 6.02. The van der Waals surface area contributed by atoms with Gasteiger partial charge in [-0.05, 0) is 61.7 Å². The number of rotatable bonds is 3. The van der Waals surface area contributed by atoms with E-state index in [1.807, 2.05) is 0 Å². The molecule has 0 saturated heterocycles. The first-order chi connectivity index (χ1) is 8.99. The van der Waals surface area contributed by atoms with Gasteiger partial charge in [0.05, 0.1) is 4.47 Å². The highest BCUT2D eigenvalue weighted by atomic mass is 79.9. The highest BCUT2D eigenvalue weighted by Gasteiger charge is 2.14. The zero-order valence-electron chi connectivity index (χ0n) is 9.59. The van der Waals surface area contributed by atoms with Gasteiger partial charge in [-0.25, -0.2) is 4.39 Å². The maximum atomic E-state index is 13.4. The maximum Gasteiger partial charge on any atom is 0.168 e. The Hall–Kier alpha value is -0.710. The number of ketones is 1. The molecule has 0 amide bonds. The number of Topliss-reactive ketones (excluding diaryl/α,β-unsaturated/α-hetero) is 1. The molecule has 0 heterocycles. The Morgan fingerprint density at radius 3 is 2.63 bits per heavy atom. The number of benzene rings is 2. The SMILES string of the molecule is O=C(Cc1cccc(F)c1Br)c1ccc(Cl)cc1Br. The molecule has 0 bridgehead atoms. The van der Waals surface area contributed by atoms with Gasteiger partial charge in [0.1, 0.15) is 5.82 Å². The Balaban J connectivity index is 2.28. The molecule has 0 atom stereocenters. The van der Waals surface area contributed by atoms with Gasteiger partial charge in [0.15, 0.2) is 5.78 Å². The molecule has 0 aliphatic rings. The normalized spacial score (nSPS) is 10.5. The zero-order valence-corrected chi connectivity index (χ0v) is 13.5. The van der Waals surface area contributed by atoms with Crippen LogP contribution in [0.15, 0.2) is 45.3 Å². The summed E-state index contributed by atoms with van der Waals surface area (Å²) in [4.78, 5) is 12.2. The summed E-state index contributed by atoms with van der Waals surface area (Å²) in [6.07, 6.45) is 0.124. The predicted molar refractivity (Wildman–Crippen MR) is 81.3 cm³/mol. The first kappa shape index (κ1) is 14.7. The Kier molecular flexibility index (Phi) is 4.76. The molecular formula is C14H8Br2ClFO. The standard InChI is InChI=1S/C14H8Br2ClFO/c15-11-7-9(17)4-5-10(11)13(19)6-8-2-1-3-12(18)14(8)16/h1-5,7H,6H2. The van der Waals surface area contributed by atoms with Gasteiger partial charge in [-0.3, -0.25) is 4.79 Å². The molecule has 0 spiro atoms. The molecular weight excluding hydrogens is 398 g/mol. The molecule has 0 unspecified atom stereocenters. The first-order valence-electron chi connectivity index (χ1n) is 5.40. The lowest BCUT2D eigenvalue weighted by molar-refractivity contribution is 0.0992. The molecule has 0 N–H and O–H groups in total. The first-order valence-corrected chi connectivity index (χ1v) is 7.36. The largest absolute Gasteiger partial charge is 0.294 e. The van der Waals surface area contributed by atoms with Crippen LogP contribution in [-0.2, 0) is 6.42 Å². The number of carbonyl (C=O) groups is 1. The predicted octanol–water partition coefficient (Wildman–Crippen LogP) is 5.43. The summed E-state index contributed by atoms with van der Waals surface area (Å²) in [6.45, 7) is 0. The van der Waals surface area contributed by atoms with Crippen molar-refractivity contribution in [1.29, 1.82) is 0 Å². The summed E-state index contributed by atoms with van der Waals surface area (Å²) in [7, 11) is 0. The molecule has 0 saturated carbocycles. The van der Waals surface area contributed by atoms with Crippen LogP contribution in [0.2, 0.25) is 5.02 Å². The van der Waals surface area contributed by atoms with Gasteiger partial charge in [-0.15, -0.1) is 0 Å². The third-order valence-corrected chi connectivity index (χ3v) is 4.39. The van der Waals surface area contributed by atoms with Crippen LogP contribution in [0.4, 0.5) is 4.39 Å². The highest BCUT2D eigenvalue weighted by molar-refractivity contribution is 9.10. The van der Waals surface area contributed by atoms with Crippen LogP contribution in [0, 0.1) is 5.82 Å². The molecule has 0 fully saturated rings. The molecule has 2 rings (SSSR count). The third kappa shape index (κ3) is 3.44. The Bertz CT molecular complexity index is 643. The summed E-state index contributed by atoms with van der Waals surface area (Å²) in [5.74, 6) is -0.477. The van der Waals surface area contributed by atoms with Crippen molar-refractivity contribution in [2.45, 2.75) is 6.42 Å². The van der Waals surface area contributed by atoms with E-state index >= 15 is 0 Å². The van der Waals surface area contributed by atoms with Gasteiger partial charge in [-0.2, -0.15) is 0 Å². The average Bonchev–Trinajstić information content (AvgIpc) is 2.34. The van der Waals surface area contributed by atoms with Crippen molar-refractivity contribution in [3.8, 4) is 0 Å². The van der Waals surface area contributed by atoms with Crippen LogP contribution >= 0.6 is 43.5 Å². The number of hydrogen-bond acceptors (Lipinski definition) is 1. The van der Waals surface area contributed by atoms with Gasteiger partial charge in [0.25, 0.3) is 0 Å². The fourth-order valence-electron chi connectivity index (χ4n) is 1.67. The van der Waals surface area contributed by atoms with E-state index in [4.69, 9.17) is 11.6 Å². The summed E-state index contributed by atoms with van der Waals surface area (Å²) in [5.41, 5.74) is 1.15. The minimum absolute atomic E-state index is 0.102. The second-order valence-electron chi connectivity index (χ2n) is 3.94. The van der Waals surface area contributed by atoms with Gasteiger partial charge in [0.2, 0.25) is 0 Å². The molecule has 0 aliphatic carbocycles. The highest BCUT2D eigenvalue weighted by Crippen LogP contribution is 2.25. The molecule has 98 valence electrons. The van der Waals surface area contributed by atoms with Crippen LogP contribution in [0.5, 0.6) is 0 Å². The molecule has 19 heavy (non-hydrogen) atoms. The maximum absolute atomic E-state index is 13.4. The summed E-state index contributed by atoms with van der Waals surface area (Å²) < 4.78 is 14.3. The van der Waals surface area contributed by atoms with E-state index in [0.29, 0.717) is 25.1 Å². The molecule has 0 aliphatic heterocycles. The number of hydrogen-bond donors (Lipinski definition) is 0. The minimum Gasteiger partial charge on any atom is -0.294 e. The number of carbonyl (C=O) groups excluding carboxylic acids is 1. The number of halogens is 4. The molecule has 5 heteroatoms. The van der Waals surface area contributed by atoms with E-state index < -0.39 is 0 Å². The fourth-order valence-corrected chi connectivity index (χ4v) is 2.98. The minimum atomic E-state index is -0.375. The van der Waals surface area contributed by atoms with E-state index in [2.05, 4.69) is 31.9 Å². The van der Waals surface area contributed by atoms with Crippen LogP contribution in [0.25, 0.3) is 0 Å². The molecule has 1 nitrogen and oxygen atoms in total. The molecule has 0 aromatic heterocycles. The van der Waals surface area contributed by atoms with Crippen molar-refractivity contribution in [1.82, 2.24) is 0 Å². The van der Waals surface area contributed by atoms with E-state index in [0.717, 1.165) is 0 Å². The smallest absolute Gasteiger partial charge is 0.168 e. The summed E-state index contributed by atoms with van der Waals surface area (Å²) >= 11 is 12.3. The van der Waals surface area contributed by atoms with Crippen LogP contribution in [0.1, 0.15) is 15.9 Å². The van der Waals surface area contributed by atoms with Crippen molar-refractivity contribution in [2.75, 3.05) is 0 Å². The zero-order chi connectivity index (χ0) is 14.0. The van der Waals surface area contributed by atoms with Crippen LogP contribution in [-0.4, -0.2) is 5.78 Å². The van der Waals surface area contributed by atoms with Crippen molar-refractivity contribution < 1.29 is 9.18 Å². The monoisotopic (exact) mass is 404 g/mol. The van der Waals surface area contributed by atoms with Crippen molar-refractivity contribution in [3.63, 3.8) is 0 Å². The van der Waals surface area contributed by atoms with E-state index in [-0.39, 0.29) is 18.0 Å². The summed E-state index contributed by atoms with van der Waals surface area (Å²) in [6, 6.07) is 9.61. The van der Waals surface area contributed by atoms with Crippen molar-refractivity contribution >= 4 is 49.2 Å². The van der Waals surface area contributed by atoms with Crippen LogP contribution < -0.4 is 0 Å². The second kappa shape index (κ2) is 6.16. The quantitative estimate of drug-likeness (QED) is 0.621. The lowest BCUT2D eigenvalue weighted by Gasteiger charge is -2.07. The lowest BCUT2D eigenvalue weighted by Crippen LogP contribution is -2.05. The molecule has 2 aromatic rings. The topological polar surface area (TPSA) is 17.1 Å². The summed E-state index contributed by atoms with van der Waals surface area (Å²) in [5, 5.41) is 0.551. The van der Waals surface area contributed by atoms with Crippen molar-refractivity contribution in [2.24, 2.45) is 0 Å². The molecule has 0 radical (unpaired) electrons. The van der Waals surface area contributed by atoms with Crippen LogP contribution in [0.3, 0.4) is 0 Å². The Morgan fingerprint density at radius 1 is 1.21 bits per heavy atom. The molecule has 2 aromatic carbocycles. The van der Waals surface area contributed by atoms with Gasteiger partial charge >= 0.3 is 0 Å². The van der Waals surface area contributed by atoms with E-state index in [1.54, 1.807) is 30.3 Å². The third-order valence-electron chi connectivity index (χ3n) is 2.61. The van der Waals surface area contributed by atoms with E-state index in [9.17, 15) is 9.18 Å². The lowest BCUT2D eigenvalue weighted by atomic mass is 10.0. The Labute approximate surface area is 132 Å². The van der Waals surface area contributed by atoms with Gasteiger partial charge < -0.3 is 0 Å². The Morgan fingerprint density at radius 2 is 1.95 bits per heavy atom. The van der Waals surface area contributed by atoms with E-state index in [1.165, 1.54) is 6.07 Å². The van der Waals surface area contributed by atoms with Gasteiger partial charge in [-0.1, -0.05) is 23.7 Å². The average molecular weight is 406 g/mol. The van der Waals surface area contributed by atoms with Gasteiger partial charge in [0, 0.05) is 21.5 Å². The fraction of sp³-hybridized carbons (Fsp3) is 0.0714. The van der Waals surface area contributed by atoms with Crippen molar-refractivity contribution in [3.05, 3.63) is 67.3 Å².